The van der Waals surface area contributed by atoms with Crippen molar-refractivity contribution in [3.8, 4) is 16.9 Å². The maximum atomic E-state index is 10.5. The summed E-state index contributed by atoms with van der Waals surface area (Å²) in [5.41, 5.74) is 3.47. The minimum absolute atomic E-state index is 0.218. The van der Waals surface area contributed by atoms with Crippen molar-refractivity contribution in [2.75, 3.05) is 26.2 Å². The average Bonchev–Trinajstić information content (AvgIpc) is 2.70. The van der Waals surface area contributed by atoms with E-state index in [0.717, 1.165) is 54.4 Å². The molecular formula is C20H25N5O. The Balaban J connectivity index is 1.83. The number of amidine groups is 1. The summed E-state index contributed by atoms with van der Waals surface area (Å²) in [6.07, 6.45) is 4.18. The number of aromatic hydroxyl groups is 1. The predicted molar refractivity (Wildman–Crippen MR) is 106 cm³/mol. The zero-order valence-electron chi connectivity index (χ0n) is 15.3. The highest BCUT2D eigenvalue weighted by atomic mass is 16.3. The van der Waals surface area contributed by atoms with Gasteiger partial charge in [0.05, 0.1) is 5.71 Å². The summed E-state index contributed by atoms with van der Waals surface area (Å²) in [7, 11) is 0. The molecule has 0 atom stereocenters. The molecule has 0 aliphatic carbocycles. The van der Waals surface area contributed by atoms with Crippen LogP contribution in [0.5, 0.6) is 5.75 Å². The zero-order valence-corrected chi connectivity index (χ0v) is 15.3. The Kier molecular flexibility index (Phi) is 5.96. The van der Waals surface area contributed by atoms with E-state index >= 15 is 0 Å². The first kappa shape index (κ1) is 18.1. The van der Waals surface area contributed by atoms with Gasteiger partial charge in [0, 0.05) is 44.1 Å². The molecule has 0 bridgehead atoms. The lowest BCUT2D eigenvalue weighted by molar-refractivity contribution is 0.355. The molecule has 3 rings (SSSR count). The third-order valence-corrected chi connectivity index (χ3v) is 4.55. The Bertz CT molecular complexity index is 795. The number of benzene rings is 1. The van der Waals surface area contributed by atoms with Crippen LogP contribution < -0.4 is 5.32 Å². The summed E-state index contributed by atoms with van der Waals surface area (Å²) >= 11 is 0. The van der Waals surface area contributed by atoms with Crippen LogP contribution in [0.3, 0.4) is 0 Å². The summed E-state index contributed by atoms with van der Waals surface area (Å²) in [5.74, 6) is 1.13. The van der Waals surface area contributed by atoms with Crippen LogP contribution in [0, 0.1) is 0 Å². The number of nitrogens with one attached hydrogen (secondary N) is 1. The van der Waals surface area contributed by atoms with Crippen LogP contribution in [0.2, 0.25) is 0 Å². The molecule has 26 heavy (non-hydrogen) atoms. The van der Waals surface area contributed by atoms with Crippen molar-refractivity contribution in [1.29, 1.82) is 0 Å². The number of hydrogen-bond acceptors (Lipinski definition) is 5. The fourth-order valence-electron chi connectivity index (χ4n) is 3.00. The van der Waals surface area contributed by atoms with Gasteiger partial charge in [0.1, 0.15) is 11.6 Å². The molecule has 6 nitrogen and oxygen atoms in total. The van der Waals surface area contributed by atoms with Crippen LogP contribution in [-0.2, 0) is 0 Å². The van der Waals surface area contributed by atoms with E-state index in [1.54, 1.807) is 18.5 Å². The molecule has 0 saturated carbocycles. The van der Waals surface area contributed by atoms with Crippen molar-refractivity contribution in [2.24, 2.45) is 10.2 Å². The van der Waals surface area contributed by atoms with Gasteiger partial charge in [-0.05, 0) is 48.7 Å². The molecule has 2 heterocycles. The first-order chi connectivity index (χ1) is 12.7. The molecule has 0 amide bonds. The second kappa shape index (κ2) is 8.58. The van der Waals surface area contributed by atoms with Gasteiger partial charge < -0.3 is 15.3 Å². The van der Waals surface area contributed by atoms with Gasteiger partial charge in [-0.2, -0.15) is 5.10 Å². The molecule has 0 radical (unpaired) electrons. The van der Waals surface area contributed by atoms with Gasteiger partial charge in [-0.1, -0.05) is 13.0 Å². The van der Waals surface area contributed by atoms with Crippen LogP contribution in [0.1, 0.15) is 25.8 Å². The molecule has 1 aliphatic heterocycles. The molecule has 1 aromatic heterocycles. The van der Waals surface area contributed by atoms with Gasteiger partial charge >= 0.3 is 0 Å². The van der Waals surface area contributed by atoms with Gasteiger partial charge in [0.2, 0.25) is 0 Å². The Morgan fingerprint density at radius 2 is 1.85 bits per heavy atom. The SMILES string of the molecule is CC/C(=N\N=C(/C)N1CCNCC1)c1ccc(-c2ccncc2)cc1O. The predicted octanol–water partition coefficient (Wildman–Crippen LogP) is 2.89. The number of phenols is 1. The Labute approximate surface area is 154 Å². The molecule has 1 fully saturated rings. The van der Waals surface area contributed by atoms with Crippen LogP contribution in [0.25, 0.3) is 11.1 Å². The Morgan fingerprint density at radius 3 is 2.50 bits per heavy atom. The molecule has 1 aromatic carbocycles. The van der Waals surface area contributed by atoms with Crippen molar-refractivity contribution in [1.82, 2.24) is 15.2 Å². The number of rotatable bonds is 4. The van der Waals surface area contributed by atoms with Gasteiger partial charge in [-0.15, -0.1) is 5.10 Å². The average molecular weight is 351 g/mol. The Morgan fingerprint density at radius 1 is 1.12 bits per heavy atom. The highest BCUT2D eigenvalue weighted by Gasteiger charge is 2.12. The zero-order chi connectivity index (χ0) is 18.4. The highest BCUT2D eigenvalue weighted by molar-refractivity contribution is 6.03. The van der Waals surface area contributed by atoms with E-state index in [0.29, 0.717) is 6.42 Å². The summed E-state index contributed by atoms with van der Waals surface area (Å²) in [5, 5.41) is 22.7. The van der Waals surface area contributed by atoms with Crippen LogP contribution in [-0.4, -0.2) is 52.7 Å². The molecule has 2 N–H and O–H groups in total. The quantitative estimate of drug-likeness (QED) is 0.505. The van der Waals surface area contributed by atoms with E-state index in [-0.39, 0.29) is 5.75 Å². The van der Waals surface area contributed by atoms with Gasteiger partial charge in [0.15, 0.2) is 0 Å². The lowest BCUT2D eigenvalue weighted by Gasteiger charge is -2.28. The second-order valence-electron chi connectivity index (χ2n) is 6.25. The fraction of sp³-hybridized carbons (Fsp3) is 0.350. The van der Waals surface area contributed by atoms with Crippen LogP contribution >= 0.6 is 0 Å². The first-order valence-electron chi connectivity index (χ1n) is 8.99. The summed E-state index contributed by atoms with van der Waals surface area (Å²) < 4.78 is 0. The molecule has 6 heteroatoms. The van der Waals surface area contributed by atoms with E-state index in [9.17, 15) is 5.11 Å². The smallest absolute Gasteiger partial charge is 0.125 e. The maximum absolute atomic E-state index is 10.5. The first-order valence-corrected chi connectivity index (χ1v) is 8.99. The van der Waals surface area contributed by atoms with Gasteiger partial charge in [-0.25, -0.2) is 0 Å². The number of pyridine rings is 1. The highest BCUT2D eigenvalue weighted by Crippen LogP contribution is 2.27. The van der Waals surface area contributed by atoms with E-state index in [2.05, 4.69) is 25.4 Å². The second-order valence-corrected chi connectivity index (χ2v) is 6.25. The minimum Gasteiger partial charge on any atom is -0.507 e. The van der Waals surface area contributed by atoms with E-state index in [1.807, 2.05) is 38.1 Å². The lowest BCUT2D eigenvalue weighted by atomic mass is 10.0. The van der Waals surface area contributed by atoms with Crippen molar-refractivity contribution in [3.05, 3.63) is 48.3 Å². The molecule has 2 aromatic rings. The number of nitrogens with zero attached hydrogens (tertiary/aromatic N) is 4. The summed E-state index contributed by atoms with van der Waals surface area (Å²) in [6, 6.07) is 9.50. The molecule has 1 aliphatic rings. The van der Waals surface area contributed by atoms with Gasteiger partial charge in [-0.3, -0.25) is 4.98 Å². The number of piperazine rings is 1. The third kappa shape index (κ3) is 4.26. The van der Waals surface area contributed by atoms with Crippen LogP contribution in [0.15, 0.2) is 52.9 Å². The van der Waals surface area contributed by atoms with Crippen molar-refractivity contribution >= 4 is 11.5 Å². The standard InChI is InChI=1S/C20H25N5O/c1-3-19(24-23-15(2)25-12-10-22-11-13-25)18-5-4-17(14-20(18)26)16-6-8-21-9-7-16/h4-9,14,22,26H,3,10-13H2,1-2H3/b23-15+,24-19+. The fourth-order valence-corrected chi connectivity index (χ4v) is 3.00. The largest absolute Gasteiger partial charge is 0.507 e. The number of hydrogen-bond donors (Lipinski definition) is 2. The lowest BCUT2D eigenvalue weighted by Crippen LogP contribution is -2.45. The maximum Gasteiger partial charge on any atom is 0.125 e. The van der Waals surface area contributed by atoms with E-state index < -0.39 is 0 Å². The monoisotopic (exact) mass is 351 g/mol. The van der Waals surface area contributed by atoms with Crippen LogP contribution in [0.4, 0.5) is 0 Å². The molecule has 136 valence electrons. The topological polar surface area (TPSA) is 73.1 Å². The van der Waals surface area contributed by atoms with E-state index in [4.69, 9.17) is 0 Å². The van der Waals surface area contributed by atoms with Crippen molar-refractivity contribution in [3.63, 3.8) is 0 Å². The van der Waals surface area contributed by atoms with Crippen molar-refractivity contribution < 1.29 is 5.11 Å². The van der Waals surface area contributed by atoms with Crippen molar-refractivity contribution in [2.45, 2.75) is 20.3 Å². The normalized spacial score (nSPS) is 16.0. The number of aromatic nitrogens is 1. The Hall–Kier alpha value is -2.73. The van der Waals surface area contributed by atoms with E-state index in [1.165, 1.54) is 0 Å². The molecular weight excluding hydrogens is 326 g/mol. The molecule has 0 spiro atoms. The minimum atomic E-state index is 0.218. The molecule has 1 saturated heterocycles. The summed E-state index contributed by atoms with van der Waals surface area (Å²) in [4.78, 5) is 6.25. The summed E-state index contributed by atoms with van der Waals surface area (Å²) in [6.45, 7) is 7.82. The third-order valence-electron chi connectivity index (χ3n) is 4.55. The number of phenolic OH excluding ortho intramolecular Hbond substituents is 1. The van der Waals surface area contributed by atoms with Gasteiger partial charge in [0.25, 0.3) is 0 Å². The molecule has 0 unspecified atom stereocenters.